The van der Waals surface area contributed by atoms with Gasteiger partial charge in [0.15, 0.2) is 6.61 Å². The molecular formula is C20H20N4O3. The van der Waals surface area contributed by atoms with Crippen LogP contribution >= 0.6 is 0 Å². The maximum Gasteiger partial charge on any atom is 0.276 e. The standard InChI is InChI=1S/C20H20N4O3/c1-2-15-6-3-4-7-18(15)27-14-19(25)22-23-20(26)16-8-10-17(11-9-16)24-13-5-12-21-24/h3-13H,2,14H2,1H3,(H,22,25)(H,23,26). The van der Waals surface area contributed by atoms with Crippen molar-refractivity contribution in [3.8, 4) is 11.4 Å². The molecule has 0 unspecified atom stereocenters. The number of carbonyl (C=O) groups is 2. The number of nitrogens with one attached hydrogen (secondary N) is 2. The van der Waals surface area contributed by atoms with Gasteiger partial charge in [0.05, 0.1) is 5.69 Å². The Hall–Kier alpha value is -3.61. The molecule has 0 saturated carbocycles. The number of aromatic nitrogens is 2. The molecule has 0 bridgehead atoms. The summed E-state index contributed by atoms with van der Waals surface area (Å²) in [5.41, 5.74) is 7.00. The molecule has 7 nitrogen and oxygen atoms in total. The number of ether oxygens (including phenoxy) is 1. The van der Waals surface area contributed by atoms with Gasteiger partial charge in [-0.2, -0.15) is 5.10 Å². The molecular weight excluding hydrogens is 344 g/mol. The van der Waals surface area contributed by atoms with E-state index in [1.54, 1.807) is 35.1 Å². The van der Waals surface area contributed by atoms with Crippen molar-refractivity contribution < 1.29 is 14.3 Å². The van der Waals surface area contributed by atoms with Crippen molar-refractivity contribution in [2.75, 3.05) is 6.61 Å². The summed E-state index contributed by atoms with van der Waals surface area (Å²) < 4.78 is 7.20. The normalized spacial score (nSPS) is 10.3. The van der Waals surface area contributed by atoms with Crippen LogP contribution in [-0.2, 0) is 11.2 Å². The Bertz CT molecular complexity index is 905. The number of nitrogens with zero attached hydrogens (tertiary/aromatic N) is 2. The lowest BCUT2D eigenvalue weighted by molar-refractivity contribution is -0.123. The zero-order chi connectivity index (χ0) is 19.1. The van der Waals surface area contributed by atoms with E-state index in [-0.39, 0.29) is 6.61 Å². The molecule has 0 aliphatic carbocycles. The molecule has 2 aromatic carbocycles. The fraction of sp³-hybridized carbons (Fsp3) is 0.150. The number of hydrazine groups is 1. The minimum Gasteiger partial charge on any atom is -0.483 e. The second kappa shape index (κ2) is 8.66. The molecule has 1 aromatic heterocycles. The molecule has 27 heavy (non-hydrogen) atoms. The van der Waals surface area contributed by atoms with E-state index in [0.29, 0.717) is 11.3 Å². The Balaban J connectivity index is 1.49. The van der Waals surface area contributed by atoms with Gasteiger partial charge in [-0.15, -0.1) is 0 Å². The molecule has 1 heterocycles. The summed E-state index contributed by atoms with van der Waals surface area (Å²) in [6.07, 6.45) is 4.30. The van der Waals surface area contributed by atoms with Crippen molar-refractivity contribution >= 4 is 11.8 Å². The van der Waals surface area contributed by atoms with Crippen LogP contribution in [0.5, 0.6) is 5.75 Å². The summed E-state index contributed by atoms with van der Waals surface area (Å²) in [4.78, 5) is 24.0. The molecule has 0 atom stereocenters. The maximum absolute atomic E-state index is 12.1. The molecule has 0 aliphatic heterocycles. The van der Waals surface area contributed by atoms with Crippen LogP contribution in [-0.4, -0.2) is 28.2 Å². The van der Waals surface area contributed by atoms with Gasteiger partial charge >= 0.3 is 0 Å². The summed E-state index contributed by atoms with van der Waals surface area (Å²) >= 11 is 0. The van der Waals surface area contributed by atoms with Crippen molar-refractivity contribution in [1.82, 2.24) is 20.6 Å². The second-order valence-corrected chi connectivity index (χ2v) is 5.75. The van der Waals surface area contributed by atoms with Gasteiger partial charge < -0.3 is 4.74 Å². The lowest BCUT2D eigenvalue weighted by atomic mass is 10.1. The van der Waals surface area contributed by atoms with Crippen LogP contribution in [0.3, 0.4) is 0 Å². The Morgan fingerprint density at radius 1 is 1.04 bits per heavy atom. The van der Waals surface area contributed by atoms with Crippen LogP contribution in [0.15, 0.2) is 67.0 Å². The van der Waals surface area contributed by atoms with Crippen LogP contribution < -0.4 is 15.6 Å². The van der Waals surface area contributed by atoms with Crippen molar-refractivity contribution in [3.63, 3.8) is 0 Å². The third kappa shape index (κ3) is 4.72. The molecule has 0 aliphatic rings. The van der Waals surface area contributed by atoms with Crippen molar-refractivity contribution in [1.29, 1.82) is 0 Å². The van der Waals surface area contributed by atoms with Crippen LogP contribution in [0.4, 0.5) is 0 Å². The Kier molecular flexibility index (Phi) is 5.84. The first-order valence-electron chi connectivity index (χ1n) is 8.57. The molecule has 0 spiro atoms. The number of hydrogen-bond donors (Lipinski definition) is 2. The van der Waals surface area contributed by atoms with E-state index in [1.807, 2.05) is 43.5 Å². The molecule has 0 radical (unpaired) electrons. The largest absolute Gasteiger partial charge is 0.483 e. The number of para-hydroxylation sites is 1. The Labute approximate surface area is 156 Å². The fourth-order valence-electron chi connectivity index (χ4n) is 2.50. The number of hydrogen-bond acceptors (Lipinski definition) is 4. The Morgan fingerprint density at radius 2 is 1.81 bits per heavy atom. The third-order valence-electron chi connectivity index (χ3n) is 3.93. The molecule has 3 aromatic rings. The minimum atomic E-state index is -0.442. The first-order valence-corrected chi connectivity index (χ1v) is 8.57. The van der Waals surface area contributed by atoms with Crippen LogP contribution in [0.1, 0.15) is 22.8 Å². The molecule has 0 saturated heterocycles. The summed E-state index contributed by atoms with van der Waals surface area (Å²) in [5, 5.41) is 4.12. The lowest BCUT2D eigenvalue weighted by Gasteiger charge is -2.11. The van der Waals surface area contributed by atoms with Crippen molar-refractivity contribution in [2.45, 2.75) is 13.3 Å². The molecule has 7 heteroatoms. The number of aryl methyl sites for hydroxylation is 1. The van der Waals surface area contributed by atoms with Gasteiger partial charge in [-0.3, -0.25) is 20.4 Å². The molecule has 138 valence electrons. The van der Waals surface area contributed by atoms with Crippen LogP contribution in [0, 0.1) is 0 Å². The average Bonchev–Trinajstić information content (AvgIpc) is 3.25. The third-order valence-corrected chi connectivity index (χ3v) is 3.93. The minimum absolute atomic E-state index is 0.185. The van der Waals surface area contributed by atoms with Gasteiger partial charge in [-0.25, -0.2) is 4.68 Å². The number of carbonyl (C=O) groups excluding carboxylic acids is 2. The monoisotopic (exact) mass is 364 g/mol. The van der Waals surface area contributed by atoms with Gasteiger partial charge in [0.25, 0.3) is 11.8 Å². The zero-order valence-electron chi connectivity index (χ0n) is 14.9. The second-order valence-electron chi connectivity index (χ2n) is 5.75. The van der Waals surface area contributed by atoms with Crippen molar-refractivity contribution in [2.24, 2.45) is 0 Å². The van der Waals surface area contributed by atoms with E-state index in [2.05, 4.69) is 16.0 Å². The van der Waals surface area contributed by atoms with Crippen LogP contribution in [0.2, 0.25) is 0 Å². The van der Waals surface area contributed by atoms with E-state index in [0.717, 1.165) is 17.7 Å². The summed E-state index contributed by atoms with van der Waals surface area (Å²) in [6, 6.07) is 16.2. The molecule has 2 N–H and O–H groups in total. The first-order chi connectivity index (χ1) is 13.2. The fourth-order valence-corrected chi connectivity index (χ4v) is 2.50. The van der Waals surface area contributed by atoms with Gasteiger partial charge in [-0.1, -0.05) is 25.1 Å². The molecule has 0 fully saturated rings. The maximum atomic E-state index is 12.1. The van der Waals surface area contributed by atoms with Gasteiger partial charge in [0.2, 0.25) is 0 Å². The number of rotatable bonds is 6. The highest BCUT2D eigenvalue weighted by atomic mass is 16.5. The average molecular weight is 364 g/mol. The zero-order valence-corrected chi connectivity index (χ0v) is 14.9. The highest BCUT2D eigenvalue weighted by molar-refractivity contribution is 5.95. The smallest absolute Gasteiger partial charge is 0.276 e. The van der Waals surface area contributed by atoms with E-state index in [4.69, 9.17) is 4.74 Å². The summed E-state index contributed by atoms with van der Waals surface area (Å²) in [7, 11) is 0. The highest BCUT2D eigenvalue weighted by Gasteiger charge is 2.09. The van der Waals surface area contributed by atoms with E-state index >= 15 is 0 Å². The molecule has 3 rings (SSSR count). The Morgan fingerprint density at radius 3 is 2.52 bits per heavy atom. The SMILES string of the molecule is CCc1ccccc1OCC(=O)NNC(=O)c1ccc(-n2cccn2)cc1. The predicted molar refractivity (Wildman–Crippen MR) is 100 cm³/mol. The first kappa shape index (κ1) is 18.2. The van der Waals surface area contributed by atoms with Gasteiger partial charge in [-0.05, 0) is 48.4 Å². The van der Waals surface area contributed by atoms with E-state index < -0.39 is 11.8 Å². The topological polar surface area (TPSA) is 85.3 Å². The lowest BCUT2D eigenvalue weighted by Crippen LogP contribution is -2.43. The molecule has 2 amide bonds. The van der Waals surface area contributed by atoms with E-state index in [9.17, 15) is 9.59 Å². The van der Waals surface area contributed by atoms with Gasteiger partial charge in [0.1, 0.15) is 5.75 Å². The summed E-state index contributed by atoms with van der Waals surface area (Å²) in [6.45, 7) is 1.83. The quantitative estimate of drug-likeness (QED) is 0.657. The highest BCUT2D eigenvalue weighted by Crippen LogP contribution is 2.17. The predicted octanol–water partition coefficient (Wildman–Crippen LogP) is 2.27. The van der Waals surface area contributed by atoms with E-state index in [1.165, 1.54) is 0 Å². The van der Waals surface area contributed by atoms with Crippen LogP contribution in [0.25, 0.3) is 5.69 Å². The summed E-state index contributed by atoms with van der Waals surface area (Å²) in [5.74, 6) is -0.192. The number of benzene rings is 2. The number of amides is 2. The van der Waals surface area contributed by atoms with Crippen molar-refractivity contribution in [3.05, 3.63) is 78.1 Å². The van der Waals surface area contributed by atoms with Gasteiger partial charge in [0, 0.05) is 18.0 Å².